The standard InChI is InChI=1S/C22H33N3O2/c1-17-5-7-19(8-6-17)21(23-27-4)20-9-13-25(14-10-20)22(3)11-15-24(16-12-22)18(2)26/h5-8,20H,9-16H2,1-4H3/b23-21-. The van der Waals surface area contributed by atoms with Crippen LogP contribution in [-0.2, 0) is 9.63 Å². The van der Waals surface area contributed by atoms with Crippen LogP contribution in [0.2, 0.25) is 0 Å². The molecule has 0 saturated carbocycles. The Morgan fingerprint density at radius 3 is 2.22 bits per heavy atom. The van der Waals surface area contributed by atoms with Gasteiger partial charge < -0.3 is 9.74 Å². The molecule has 2 fully saturated rings. The minimum Gasteiger partial charge on any atom is -0.399 e. The van der Waals surface area contributed by atoms with Gasteiger partial charge in [0.2, 0.25) is 5.91 Å². The number of piperidine rings is 2. The molecule has 2 heterocycles. The molecule has 2 aliphatic rings. The molecule has 2 aliphatic heterocycles. The first kappa shape index (κ1) is 19.9. The Morgan fingerprint density at radius 2 is 1.70 bits per heavy atom. The molecular weight excluding hydrogens is 338 g/mol. The first-order chi connectivity index (χ1) is 12.9. The molecule has 1 aromatic carbocycles. The summed E-state index contributed by atoms with van der Waals surface area (Å²) < 4.78 is 0. The van der Waals surface area contributed by atoms with Gasteiger partial charge in [0.1, 0.15) is 7.11 Å². The van der Waals surface area contributed by atoms with Crippen LogP contribution in [0.3, 0.4) is 0 Å². The average Bonchev–Trinajstić information content (AvgIpc) is 2.67. The minimum absolute atomic E-state index is 0.203. The van der Waals surface area contributed by atoms with Crippen LogP contribution in [0.25, 0.3) is 0 Å². The lowest BCUT2D eigenvalue weighted by Gasteiger charge is -2.49. The normalized spacial score (nSPS) is 21.9. The van der Waals surface area contributed by atoms with Gasteiger partial charge >= 0.3 is 0 Å². The summed E-state index contributed by atoms with van der Waals surface area (Å²) in [7, 11) is 1.63. The summed E-state index contributed by atoms with van der Waals surface area (Å²) in [5, 5.41) is 4.39. The molecule has 0 N–H and O–H groups in total. The van der Waals surface area contributed by atoms with E-state index < -0.39 is 0 Å². The molecule has 1 aromatic rings. The van der Waals surface area contributed by atoms with Gasteiger partial charge in [0.25, 0.3) is 0 Å². The lowest BCUT2D eigenvalue weighted by atomic mass is 9.82. The predicted octanol–water partition coefficient (Wildman–Crippen LogP) is 3.46. The Hall–Kier alpha value is -1.88. The monoisotopic (exact) mass is 371 g/mol. The number of hydrogen-bond acceptors (Lipinski definition) is 4. The number of hydrogen-bond donors (Lipinski definition) is 0. The van der Waals surface area contributed by atoms with Crippen LogP contribution in [0.1, 0.15) is 50.7 Å². The van der Waals surface area contributed by atoms with Crippen molar-refractivity contribution in [1.82, 2.24) is 9.80 Å². The molecule has 0 bridgehead atoms. The summed E-state index contributed by atoms with van der Waals surface area (Å²) in [6.45, 7) is 10.1. The van der Waals surface area contributed by atoms with Crippen molar-refractivity contribution in [1.29, 1.82) is 0 Å². The Labute approximate surface area is 163 Å². The third kappa shape index (κ3) is 4.52. The highest BCUT2D eigenvalue weighted by Gasteiger charge is 2.38. The van der Waals surface area contributed by atoms with Crippen molar-refractivity contribution < 1.29 is 9.63 Å². The topological polar surface area (TPSA) is 45.1 Å². The molecule has 0 aromatic heterocycles. The van der Waals surface area contributed by atoms with Gasteiger partial charge in [-0.3, -0.25) is 9.69 Å². The maximum atomic E-state index is 11.6. The lowest BCUT2D eigenvalue weighted by molar-refractivity contribution is -0.131. The van der Waals surface area contributed by atoms with Crippen LogP contribution in [-0.4, -0.2) is 60.2 Å². The molecule has 1 amide bonds. The maximum Gasteiger partial charge on any atom is 0.219 e. The number of rotatable bonds is 4. The zero-order valence-electron chi connectivity index (χ0n) is 17.2. The number of aryl methyl sites for hydroxylation is 1. The van der Waals surface area contributed by atoms with Crippen molar-refractivity contribution in [3.8, 4) is 0 Å². The summed E-state index contributed by atoms with van der Waals surface area (Å²) in [5.41, 5.74) is 3.71. The molecule has 27 heavy (non-hydrogen) atoms. The Balaban J connectivity index is 1.63. The Morgan fingerprint density at radius 1 is 1.11 bits per heavy atom. The van der Waals surface area contributed by atoms with E-state index in [9.17, 15) is 4.79 Å². The van der Waals surface area contributed by atoms with Crippen LogP contribution < -0.4 is 0 Å². The van der Waals surface area contributed by atoms with E-state index in [1.807, 2.05) is 4.90 Å². The van der Waals surface area contributed by atoms with Crippen LogP contribution in [0.5, 0.6) is 0 Å². The molecule has 3 rings (SSSR count). The van der Waals surface area contributed by atoms with Gasteiger partial charge in [0, 0.05) is 31.5 Å². The number of oxime groups is 1. The molecule has 0 atom stereocenters. The van der Waals surface area contributed by atoms with Gasteiger partial charge in [-0.15, -0.1) is 0 Å². The highest BCUT2D eigenvalue weighted by Crippen LogP contribution is 2.33. The molecule has 148 valence electrons. The number of carbonyl (C=O) groups is 1. The van der Waals surface area contributed by atoms with E-state index in [1.54, 1.807) is 14.0 Å². The fourth-order valence-corrected chi connectivity index (χ4v) is 4.50. The highest BCUT2D eigenvalue weighted by atomic mass is 16.6. The number of nitrogens with zero attached hydrogens (tertiary/aromatic N) is 3. The van der Waals surface area contributed by atoms with E-state index in [2.05, 4.69) is 48.2 Å². The van der Waals surface area contributed by atoms with Crippen molar-refractivity contribution in [2.45, 2.75) is 52.0 Å². The average molecular weight is 372 g/mol. The van der Waals surface area contributed by atoms with Crippen LogP contribution in [0, 0.1) is 12.8 Å². The van der Waals surface area contributed by atoms with E-state index in [1.165, 1.54) is 11.1 Å². The molecule has 5 heteroatoms. The Kier molecular flexibility index (Phi) is 6.20. The third-order valence-corrected chi connectivity index (χ3v) is 6.47. The largest absolute Gasteiger partial charge is 0.399 e. The van der Waals surface area contributed by atoms with Crippen LogP contribution in [0.15, 0.2) is 29.4 Å². The third-order valence-electron chi connectivity index (χ3n) is 6.47. The van der Waals surface area contributed by atoms with E-state index in [-0.39, 0.29) is 11.4 Å². The predicted molar refractivity (Wildman–Crippen MR) is 109 cm³/mol. The number of amides is 1. The van der Waals surface area contributed by atoms with Gasteiger partial charge in [-0.2, -0.15) is 0 Å². The smallest absolute Gasteiger partial charge is 0.219 e. The molecule has 2 saturated heterocycles. The van der Waals surface area contributed by atoms with E-state index >= 15 is 0 Å². The quantitative estimate of drug-likeness (QED) is 0.601. The zero-order chi connectivity index (χ0) is 19.4. The van der Waals surface area contributed by atoms with Crippen molar-refractivity contribution in [3.05, 3.63) is 35.4 Å². The lowest BCUT2D eigenvalue weighted by Crippen LogP contribution is -2.56. The molecule has 5 nitrogen and oxygen atoms in total. The van der Waals surface area contributed by atoms with Crippen molar-refractivity contribution in [3.63, 3.8) is 0 Å². The molecular formula is C22H33N3O2. The van der Waals surface area contributed by atoms with E-state index in [4.69, 9.17) is 4.84 Å². The summed E-state index contributed by atoms with van der Waals surface area (Å²) in [6, 6.07) is 8.58. The van der Waals surface area contributed by atoms with Gasteiger partial charge in [0.15, 0.2) is 0 Å². The van der Waals surface area contributed by atoms with Crippen molar-refractivity contribution in [2.24, 2.45) is 11.1 Å². The van der Waals surface area contributed by atoms with Gasteiger partial charge in [-0.25, -0.2) is 0 Å². The maximum absolute atomic E-state index is 11.6. The summed E-state index contributed by atoms with van der Waals surface area (Å²) in [6.07, 6.45) is 4.33. The number of benzene rings is 1. The van der Waals surface area contributed by atoms with Gasteiger partial charge in [-0.05, 0) is 58.2 Å². The van der Waals surface area contributed by atoms with Crippen molar-refractivity contribution >= 4 is 11.6 Å². The van der Waals surface area contributed by atoms with Crippen LogP contribution >= 0.6 is 0 Å². The van der Waals surface area contributed by atoms with Gasteiger partial charge in [0.05, 0.1) is 5.71 Å². The fraction of sp³-hybridized carbons (Fsp3) is 0.636. The second-order valence-electron chi connectivity index (χ2n) is 8.29. The number of likely N-dealkylation sites (tertiary alicyclic amines) is 2. The van der Waals surface area contributed by atoms with Crippen LogP contribution in [0.4, 0.5) is 0 Å². The molecule has 0 aliphatic carbocycles. The summed E-state index contributed by atoms with van der Waals surface area (Å²) in [5.74, 6) is 0.638. The summed E-state index contributed by atoms with van der Waals surface area (Å²) in [4.78, 5) is 21.4. The number of carbonyl (C=O) groups excluding carboxylic acids is 1. The van der Waals surface area contributed by atoms with Gasteiger partial charge in [-0.1, -0.05) is 35.0 Å². The fourth-order valence-electron chi connectivity index (χ4n) is 4.50. The Bertz CT molecular complexity index is 667. The van der Waals surface area contributed by atoms with E-state index in [0.29, 0.717) is 5.92 Å². The molecule has 0 spiro atoms. The molecule has 0 unspecified atom stereocenters. The SMILES string of the molecule is CO/N=C(/c1ccc(C)cc1)C1CCN(C2(C)CCN(C(C)=O)CC2)CC1. The minimum atomic E-state index is 0.203. The van der Waals surface area contributed by atoms with Crippen molar-refractivity contribution in [2.75, 3.05) is 33.3 Å². The second kappa shape index (κ2) is 8.42. The highest BCUT2D eigenvalue weighted by molar-refractivity contribution is 6.02. The zero-order valence-corrected chi connectivity index (χ0v) is 17.2. The summed E-state index contributed by atoms with van der Waals surface area (Å²) >= 11 is 0. The first-order valence-corrected chi connectivity index (χ1v) is 10.1. The second-order valence-corrected chi connectivity index (χ2v) is 8.29. The van der Waals surface area contributed by atoms with E-state index in [0.717, 1.165) is 57.6 Å². The first-order valence-electron chi connectivity index (χ1n) is 10.1. The molecule has 0 radical (unpaired) electrons.